The highest BCUT2D eigenvalue weighted by Gasteiger charge is 2.24. The number of nitrogens with two attached hydrogens (primary N) is 1. The highest BCUT2D eigenvalue weighted by Crippen LogP contribution is 2.27. The number of rotatable bonds is 1. The molecule has 0 radical (unpaired) electrons. The van der Waals surface area contributed by atoms with Gasteiger partial charge in [-0.05, 0) is 35.8 Å². The molecule has 88 valence electrons. The number of nitrogen functional groups attached to an aromatic ring is 1. The average molecular weight is 286 g/mol. The van der Waals surface area contributed by atoms with Crippen LogP contribution in [0.25, 0.3) is 0 Å². The molecule has 16 heavy (non-hydrogen) atoms. The molecule has 0 amide bonds. The standard InChI is InChI=1S/C11H16BrN3O/c1-7-5-15(6-8(2)16-7)11-10(12)3-9(13)4-14-11/h3-4,7-8H,5-6,13H2,1-2H3/t7-,8+. The molecule has 2 rings (SSSR count). The van der Waals surface area contributed by atoms with Crippen molar-refractivity contribution in [2.45, 2.75) is 26.1 Å². The fourth-order valence-electron chi connectivity index (χ4n) is 2.03. The summed E-state index contributed by atoms with van der Waals surface area (Å²) in [5.41, 5.74) is 6.35. The van der Waals surface area contributed by atoms with Crippen molar-refractivity contribution in [3.63, 3.8) is 0 Å². The Morgan fingerprint density at radius 1 is 1.44 bits per heavy atom. The molecule has 0 aliphatic carbocycles. The normalized spacial score (nSPS) is 25.8. The van der Waals surface area contributed by atoms with Gasteiger partial charge >= 0.3 is 0 Å². The van der Waals surface area contributed by atoms with E-state index < -0.39 is 0 Å². The molecule has 1 aliphatic heterocycles. The smallest absolute Gasteiger partial charge is 0.143 e. The Morgan fingerprint density at radius 3 is 2.62 bits per heavy atom. The molecule has 0 bridgehead atoms. The number of aromatic nitrogens is 1. The van der Waals surface area contributed by atoms with Gasteiger partial charge in [-0.25, -0.2) is 4.98 Å². The third kappa shape index (κ3) is 2.47. The minimum absolute atomic E-state index is 0.231. The van der Waals surface area contributed by atoms with Gasteiger partial charge in [-0.15, -0.1) is 0 Å². The van der Waals surface area contributed by atoms with Crippen LogP contribution in [-0.4, -0.2) is 30.3 Å². The van der Waals surface area contributed by atoms with Gasteiger partial charge < -0.3 is 15.4 Å². The maximum atomic E-state index is 5.69. The number of morpholine rings is 1. The molecule has 1 aromatic heterocycles. The largest absolute Gasteiger partial charge is 0.397 e. The summed E-state index contributed by atoms with van der Waals surface area (Å²) in [6.45, 7) is 5.88. The fraction of sp³-hybridized carbons (Fsp3) is 0.545. The second kappa shape index (κ2) is 4.59. The van der Waals surface area contributed by atoms with Crippen molar-refractivity contribution in [3.8, 4) is 0 Å². The molecule has 2 atom stereocenters. The Morgan fingerprint density at radius 2 is 2.06 bits per heavy atom. The van der Waals surface area contributed by atoms with Crippen LogP contribution in [-0.2, 0) is 4.74 Å². The van der Waals surface area contributed by atoms with Crippen molar-refractivity contribution < 1.29 is 4.74 Å². The second-order valence-corrected chi connectivity index (χ2v) is 5.09. The first-order valence-corrected chi connectivity index (χ1v) is 6.17. The van der Waals surface area contributed by atoms with Crippen LogP contribution in [0.15, 0.2) is 16.7 Å². The molecule has 1 aliphatic rings. The minimum Gasteiger partial charge on any atom is -0.397 e. The van der Waals surface area contributed by atoms with Crippen LogP contribution in [0.4, 0.5) is 11.5 Å². The maximum absolute atomic E-state index is 5.69. The van der Waals surface area contributed by atoms with Crippen molar-refractivity contribution >= 4 is 27.4 Å². The summed E-state index contributed by atoms with van der Waals surface area (Å²) in [5.74, 6) is 0.941. The molecule has 0 saturated carbocycles. The molecule has 0 aromatic carbocycles. The van der Waals surface area contributed by atoms with Gasteiger partial charge in [-0.2, -0.15) is 0 Å². The lowest BCUT2D eigenvalue weighted by atomic mass is 10.2. The first-order chi connectivity index (χ1) is 7.56. The third-order valence-corrected chi connectivity index (χ3v) is 3.15. The van der Waals surface area contributed by atoms with Gasteiger partial charge in [0, 0.05) is 13.1 Å². The number of hydrogen-bond donors (Lipinski definition) is 1. The van der Waals surface area contributed by atoms with E-state index in [9.17, 15) is 0 Å². The van der Waals surface area contributed by atoms with Crippen LogP contribution in [0.1, 0.15) is 13.8 Å². The summed E-state index contributed by atoms with van der Waals surface area (Å²) >= 11 is 3.50. The lowest BCUT2D eigenvalue weighted by Gasteiger charge is -2.36. The number of pyridine rings is 1. The molecule has 4 nitrogen and oxygen atoms in total. The summed E-state index contributed by atoms with van der Waals surface area (Å²) in [7, 11) is 0. The molecule has 5 heteroatoms. The van der Waals surface area contributed by atoms with Gasteiger partial charge in [0.25, 0.3) is 0 Å². The van der Waals surface area contributed by atoms with Crippen LogP contribution in [0.5, 0.6) is 0 Å². The van der Waals surface area contributed by atoms with E-state index >= 15 is 0 Å². The lowest BCUT2D eigenvalue weighted by molar-refractivity contribution is -0.00549. The molecule has 2 heterocycles. The summed E-state index contributed by atoms with van der Waals surface area (Å²) in [4.78, 5) is 6.59. The Labute approximate surface area is 104 Å². The molecule has 1 saturated heterocycles. The van der Waals surface area contributed by atoms with Crippen molar-refractivity contribution in [3.05, 3.63) is 16.7 Å². The van der Waals surface area contributed by atoms with Crippen molar-refractivity contribution in [2.75, 3.05) is 23.7 Å². The zero-order chi connectivity index (χ0) is 11.7. The average Bonchev–Trinajstić information content (AvgIpc) is 2.15. The van der Waals surface area contributed by atoms with E-state index in [4.69, 9.17) is 10.5 Å². The van der Waals surface area contributed by atoms with Gasteiger partial charge in [0.2, 0.25) is 0 Å². The first kappa shape index (κ1) is 11.7. The summed E-state index contributed by atoms with van der Waals surface area (Å²) in [5, 5.41) is 0. The quantitative estimate of drug-likeness (QED) is 0.858. The zero-order valence-electron chi connectivity index (χ0n) is 9.48. The minimum atomic E-state index is 0.231. The Balaban J connectivity index is 2.23. The van der Waals surface area contributed by atoms with E-state index in [2.05, 4.69) is 39.7 Å². The number of nitrogens with zero attached hydrogens (tertiary/aromatic N) is 2. The Hall–Kier alpha value is -0.810. The molecule has 0 spiro atoms. The summed E-state index contributed by atoms with van der Waals surface area (Å²) < 4.78 is 6.63. The first-order valence-electron chi connectivity index (χ1n) is 5.37. The van der Waals surface area contributed by atoms with Gasteiger partial charge in [0.05, 0.1) is 28.6 Å². The highest BCUT2D eigenvalue weighted by atomic mass is 79.9. The maximum Gasteiger partial charge on any atom is 0.143 e. The number of halogens is 1. The van der Waals surface area contributed by atoms with Gasteiger partial charge in [-0.1, -0.05) is 0 Å². The van der Waals surface area contributed by atoms with Crippen LogP contribution < -0.4 is 10.6 Å². The predicted octanol–water partition coefficient (Wildman–Crippen LogP) is 2.04. The highest BCUT2D eigenvalue weighted by molar-refractivity contribution is 9.10. The number of hydrogen-bond acceptors (Lipinski definition) is 4. The molecule has 1 fully saturated rings. The van der Waals surface area contributed by atoms with Gasteiger partial charge in [-0.3, -0.25) is 0 Å². The zero-order valence-corrected chi connectivity index (χ0v) is 11.1. The number of ether oxygens (including phenoxy) is 1. The van der Waals surface area contributed by atoms with Crippen LogP contribution in [0.2, 0.25) is 0 Å². The summed E-state index contributed by atoms with van der Waals surface area (Å²) in [6.07, 6.45) is 2.15. The molecule has 1 aromatic rings. The van der Waals surface area contributed by atoms with E-state index in [-0.39, 0.29) is 12.2 Å². The molecule has 2 N–H and O–H groups in total. The SMILES string of the molecule is C[C@@H]1CN(c2ncc(N)cc2Br)C[C@H](C)O1. The fourth-order valence-corrected chi connectivity index (χ4v) is 2.65. The van der Waals surface area contributed by atoms with E-state index in [1.165, 1.54) is 0 Å². The van der Waals surface area contributed by atoms with Crippen molar-refractivity contribution in [1.29, 1.82) is 0 Å². The monoisotopic (exact) mass is 285 g/mol. The van der Waals surface area contributed by atoms with Crippen molar-refractivity contribution in [1.82, 2.24) is 4.98 Å². The van der Waals surface area contributed by atoms with Crippen molar-refractivity contribution in [2.24, 2.45) is 0 Å². The number of anilines is 2. The topological polar surface area (TPSA) is 51.4 Å². The molecule has 0 unspecified atom stereocenters. The van der Waals surface area contributed by atoms with Gasteiger partial charge in [0.15, 0.2) is 0 Å². The van der Waals surface area contributed by atoms with E-state index in [1.54, 1.807) is 6.20 Å². The summed E-state index contributed by atoms with van der Waals surface area (Å²) in [6, 6.07) is 1.88. The second-order valence-electron chi connectivity index (χ2n) is 4.24. The Bertz CT molecular complexity index is 375. The van der Waals surface area contributed by atoms with Gasteiger partial charge in [0.1, 0.15) is 5.82 Å². The lowest BCUT2D eigenvalue weighted by Crippen LogP contribution is -2.46. The molecular formula is C11H16BrN3O. The van der Waals surface area contributed by atoms with Crippen LogP contribution >= 0.6 is 15.9 Å². The molecular weight excluding hydrogens is 270 g/mol. The van der Waals surface area contributed by atoms with E-state index in [0.717, 1.165) is 23.4 Å². The Kier molecular flexibility index (Phi) is 3.35. The van der Waals surface area contributed by atoms with E-state index in [1.807, 2.05) is 6.07 Å². The predicted molar refractivity (Wildman–Crippen MR) is 68.6 cm³/mol. The third-order valence-electron chi connectivity index (χ3n) is 2.56. The van der Waals surface area contributed by atoms with Crippen LogP contribution in [0, 0.1) is 0 Å². The van der Waals surface area contributed by atoms with E-state index in [0.29, 0.717) is 5.69 Å². The van der Waals surface area contributed by atoms with Crippen LogP contribution in [0.3, 0.4) is 0 Å².